The van der Waals surface area contributed by atoms with Crippen molar-refractivity contribution >= 4 is 5.91 Å². The fourth-order valence-corrected chi connectivity index (χ4v) is 2.34. The van der Waals surface area contributed by atoms with Crippen LogP contribution < -0.4 is 5.73 Å². The lowest BCUT2D eigenvalue weighted by Crippen LogP contribution is -2.09. The van der Waals surface area contributed by atoms with E-state index in [4.69, 9.17) is 10.8 Å². The Balaban J connectivity index is 3.33. The molecule has 138 valence electrons. The molecule has 3 N–H and O–H groups in total. The van der Waals surface area contributed by atoms with Gasteiger partial charge in [-0.2, -0.15) is 0 Å². The highest BCUT2D eigenvalue weighted by Crippen LogP contribution is 2.08. The van der Waals surface area contributed by atoms with Gasteiger partial charge in [0.2, 0.25) is 5.91 Å². The van der Waals surface area contributed by atoms with Gasteiger partial charge < -0.3 is 10.8 Å². The second kappa shape index (κ2) is 18.0. The van der Waals surface area contributed by atoms with Gasteiger partial charge in [-0.25, -0.2) is 0 Å². The maximum absolute atomic E-state index is 10.6. The minimum atomic E-state index is -0.183. The molecule has 3 nitrogen and oxygen atoms in total. The summed E-state index contributed by atoms with van der Waals surface area (Å²) in [5.74, 6) is 0.225. The fourth-order valence-electron chi connectivity index (χ4n) is 2.34. The maximum Gasteiger partial charge on any atom is 0.217 e. The summed E-state index contributed by atoms with van der Waals surface area (Å²) in [6, 6.07) is 0. The molecule has 0 saturated heterocycles. The third-order valence-corrected chi connectivity index (χ3v) is 3.98. The number of nitrogens with two attached hydrogens (primary N) is 1. The summed E-state index contributed by atoms with van der Waals surface area (Å²) in [5.41, 5.74) is 5.10. The normalized spacial score (nSPS) is 13.4. The molecule has 0 aliphatic heterocycles. The molecule has 24 heavy (non-hydrogen) atoms. The van der Waals surface area contributed by atoms with Crippen LogP contribution in [-0.2, 0) is 4.79 Å². The third kappa shape index (κ3) is 18.7. The van der Waals surface area contributed by atoms with Crippen LogP contribution in [0.5, 0.6) is 0 Å². The van der Waals surface area contributed by atoms with Crippen molar-refractivity contribution in [3.63, 3.8) is 0 Å². The first-order chi connectivity index (χ1) is 11.7. The highest BCUT2D eigenvalue weighted by Gasteiger charge is 1.96. The van der Waals surface area contributed by atoms with Gasteiger partial charge in [-0.1, -0.05) is 62.6 Å². The van der Waals surface area contributed by atoms with E-state index in [1.807, 2.05) is 0 Å². The number of hydrogen-bond acceptors (Lipinski definition) is 2. The van der Waals surface area contributed by atoms with Gasteiger partial charge in [-0.15, -0.1) is 0 Å². The third-order valence-electron chi connectivity index (χ3n) is 3.98. The summed E-state index contributed by atoms with van der Waals surface area (Å²) in [4.78, 5) is 10.6. The van der Waals surface area contributed by atoms with Crippen LogP contribution in [0.25, 0.3) is 0 Å². The SMILES string of the molecule is CC(CO)CC/C=C\C/C=C\C/C=C\CCCCCCCC(N)=O. The Bertz CT molecular complexity index is 372. The number of carbonyl (C=O) groups excluding carboxylic acids is 1. The van der Waals surface area contributed by atoms with Crippen molar-refractivity contribution in [2.24, 2.45) is 11.7 Å². The zero-order valence-electron chi connectivity index (χ0n) is 15.5. The highest BCUT2D eigenvalue weighted by atomic mass is 16.3. The summed E-state index contributed by atoms with van der Waals surface area (Å²) in [7, 11) is 0. The van der Waals surface area contributed by atoms with Crippen LogP contribution >= 0.6 is 0 Å². The number of unbranched alkanes of at least 4 members (excludes halogenated alkanes) is 5. The van der Waals surface area contributed by atoms with Crippen molar-refractivity contribution < 1.29 is 9.90 Å². The fraction of sp³-hybridized carbons (Fsp3) is 0.667. The van der Waals surface area contributed by atoms with Crippen molar-refractivity contribution in [1.82, 2.24) is 0 Å². The number of amides is 1. The topological polar surface area (TPSA) is 63.3 Å². The maximum atomic E-state index is 10.6. The Morgan fingerprint density at radius 1 is 0.875 bits per heavy atom. The van der Waals surface area contributed by atoms with Crippen molar-refractivity contribution in [2.45, 2.75) is 77.6 Å². The van der Waals surface area contributed by atoms with Gasteiger partial charge in [-0.05, 0) is 50.9 Å². The van der Waals surface area contributed by atoms with Crippen molar-refractivity contribution in [3.8, 4) is 0 Å². The number of carbonyl (C=O) groups is 1. The summed E-state index contributed by atoms with van der Waals surface area (Å²) in [6.45, 7) is 2.36. The van der Waals surface area contributed by atoms with Crippen LogP contribution in [0, 0.1) is 5.92 Å². The van der Waals surface area contributed by atoms with E-state index in [1.165, 1.54) is 19.3 Å². The highest BCUT2D eigenvalue weighted by molar-refractivity contribution is 5.73. The van der Waals surface area contributed by atoms with Crippen LogP contribution in [0.4, 0.5) is 0 Å². The van der Waals surface area contributed by atoms with Gasteiger partial charge in [-0.3, -0.25) is 4.79 Å². The molecule has 0 aromatic carbocycles. The number of aliphatic hydroxyl groups is 1. The quantitative estimate of drug-likeness (QED) is 0.306. The lowest BCUT2D eigenvalue weighted by molar-refractivity contribution is -0.118. The van der Waals surface area contributed by atoms with Gasteiger partial charge in [0.15, 0.2) is 0 Å². The molecule has 1 atom stereocenters. The first-order valence-electron chi connectivity index (χ1n) is 9.51. The zero-order valence-corrected chi connectivity index (χ0v) is 15.5. The molecular formula is C21H37NO2. The van der Waals surface area contributed by atoms with Crippen molar-refractivity contribution in [1.29, 1.82) is 0 Å². The van der Waals surface area contributed by atoms with Crippen molar-refractivity contribution in [2.75, 3.05) is 6.61 Å². The molecule has 0 aliphatic carbocycles. The molecule has 0 aromatic rings. The van der Waals surface area contributed by atoms with Gasteiger partial charge in [0.1, 0.15) is 0 Å². The predicted octanol–water partition coefficient (Wildman–Crippen LogP) is 5.06. The second-order valence-electron chi connectivity index (χ2n) is 6.52. The molecule has 0 fully saturated rings. The lowest BCUT2D eigenvalue weighted by Gasteiger charge is -2.03. The summed E-state index contributed by atoms with van der Waals surface area (Å²) < 4.78 is 0. The Kier molecular flexibility index (Phi) is 17.0. The van der Waals surface area contributed by atoms with Gasteiger partial charge in [0.05, 0.1) is 0 Å². The first kappa shape index (κ1) is 22.6. The van der Waals surface area contributed by atoms with E-state index < -0.39 is 0 Å². The standard InChI is InChI=1S/C21H37NO2/c1-20(19-23)17-15-13-11-9-7-5-3-2-4-6-8-10-12-14-16-18-21(22)24/h2,4-5,7,11,13,20,23H,3,6,8-10,12,14-19H2,1H3,(H2,22,24)/b4-2-,7-5-,13-11-. The molecule has 0 heterocycles. The molecule has 0 saturated carbocycles. The largest absolute Gasteiger partial charge is 0.396 e. The van der Waals surface area contributed by atoms with E-state index in [2.05, 4.69) is 43.4 Å². The second-order valence-corrected chi connectivity index (χ2v) is 6.52. The predicted molar refractivity (Wildman–Crippen MR) is 104 cm³/mol. The van der Waals surface area contributed by atoms with Crippen LogP contribution in [0.15, 0.2) is 36.5 Å². The van der Waals surface area contributed by atoms with E-state index in [-0.39, 0.29) is 12.5 Å². The van der Waals surface area contributed by atoms with E-state index in [0.717, 1.165) is 44.9 Å². The molecule has 0 aliphatic rings. The van der Waals surface area contributed by atoms with Crippen molar-refractivity contribution in [3.05, 3.63) is 36.5 Å². The molecule has 1 amide bonds. The molecule has 0 bridgehead atoms. The molecule has 0 rings (SSSR count). The van der Waals surface area contributed by atoms with Crippen LogP contribution in [0.3, 0.4) is 0 Å². The van der Waals surface area contributed by atoms with Gasteiger partial charge in [0, 0.05) is 13.0 Å². The van der Waals surface area contributed by atoms with Gasteiger partial charge >= 0.3 is 0 Å². The molecule has 0 aromatic heterocycles. The number of rotatable bonds is 16. The molecular weight excluding hydrogens is 298 g/mol. The first-order valence-corrected chi connectivity index (χ1v) is 9.51. The van der Waals surface area contributed by atoms with E-state index >= 15 is 0 Å². The Morgan fingerprint density at radius 2 is 1.42 bits per heavy atom. The number of hydrogen-bond donors (Lipinski definition) is 2. The average molecular weight is 336 g/mol. The molecule has 0 spiro atoms. The number of aliphatic hydroxyl groups excluding tert-OH is 1. The summed E-state index contributed by atoms with van der Waals surface area (Å²) in [5, 5.41) is 8.92. The summed E-state index contributed by atoms with van der Waals surface area (Å²) >= 11 is 0. The van der Waals surface area contributed by atoms with E-state index in [9.17, 15) is 4.79 Å². The van der Waals surface area contributed by atoms with Gasteiger partial charge in [0.25, 0.3) is 0 Å². The molecule has 3 heteroatoms. The minimum Gasteiger partial charge on any atom is -0.396 e. The van der Waals surface area contributed by atoms with Crippen LogP contribution in [-0.4, -0.2) is 17.6 Å². The van der Waals surface area contributed by atoms with E-state index in [0.29, 0.717) is 12.3 Å². The van der Waals surface area contributed by atoms with E-state index in [1.54, 1.807) is 0 Å². The number of primary amides is 1. The van der Waals surface area contributed by atoms with Crippen LogP contribution in [0.2, 0.25) is 0 Å². The minimum absolute atomic E-state index is 0.183. The number of allylic oxidation sites excluding steroid dienone is 6. The monoisotopic (exact) mass is 335 g/mol. The zero-order chi connectivity index (χ0) is 17.9. The lowest BCUT2D eigenvalue weighted by atomic mass is 10.1. The Hall–Kier alpha value is -1.35. The molecule has 1 unspecified atom stereocenters. The average Bonchev–Trinajstić information content (AvgIpc) is 2.57. The Morgan fingerprint density at radius 3 is 2.04 bits per heavy atom. The smallest absolute Gasteiger partial charge is 0.217 e. The Labute approximate surface area is 148 Å². The summed E-state index contributed by atoms with van der Waals surface area (Å²) in [6.07, 6.45) is 24.8. The van der Waals surface area contributed by atoms with Crippen LogP contribution in [0.1, 0.15) is 77.6 Å². The molecule has 0 radical (unpaired) electrons.